The Hall–Kier alpha value is -0.830. The Morgan fingerprint density at radius 1 is 1.46 bits per heavy atom. The second-order valence-corrected chi connectivity index (χ2v) is 3.61. The molecule has 3 nitrogen and oxygen atoms in total. The Morgan fingerprint density at radius 2 is 2.31 bits per heavy atom. The van der Waals surface area contributed by atoms with Crippen molar-refractivity contribution in [1.29, 1.82) is 0 Å². The van der Waals surface area contributed by atoms with Crippen LogP contribution in [0.1, 0.15) is 36.7 Å². The number of aromatic nitrogens is 2. The number of fused-ring (bicyclic) bond motifs is 1. The first-order valence-corrected chi connectivity index (χ1v) is 5.14. The summed E-state index contributed by atoms with van der Waals surface area (Å²) in [7, 11) is 0. The maximum atomic E-state index is 5.66. The van der Waals surface area contributed by atoms with Gasteiger partial charge in [0.25, 0.3) is 0 Å². The van der Waals surface area contributed by atoms with Gasteiger partial charge in [-0.25, -0.2) is 0 Å². The van der Waals surface area contributed by atoms with Crippen molar-refractivity contribution in [2.45, 2.75) is 45.7 Å². The summed E-state index contributed by atoms with van der Waals surface area (Å²) in [6.45, 7) is 3.86. The van der Waals surface area contributed by atoms with Gasteiger partial charge in [0.05, 0.1) is 5.69 Å². The zero-order valence-electron chi connectivity index (χ0n) is 8.21. The predicted molar refractivity (Wildman–Crippen MR) is 52.4 cm³/mol. The lowest BCUT2D eigenvalue weighted by molar-refractivity contribution is 0.482. The van der Waals surface area contributed by atoms with Crippen LogP contribution in [0.15, 0.2) is 0 Å². The smallest absolute Gasteiger partial charge is 0.0795 e. The monoisotopic (exact) mass is 179 g/mol. The van der Waals surface area contributed by atoms with E-state index < -0.39 is 0 Å². The second kappa shape index (κ2) is 3.50. The lowest BCUT2D eigenvalue weighted by Crippen LogP contribution is -2.11. The van der Waals surface area contributed by atoms with Crippen molar-refractivity contribution in [3.05, 3.63) is 17.0 Å². The molecule has 1 aromatic heterocycles. The van der Waals surface area contributed by atoms with Crippen molar-refractivity contribution < 1.29 is 0 Å². The van der Waals surface area contributed by atoms with E-state index in [2.05, 4.69) is 16.7 Å². The molecule has 1 aliphatic rings. The van der Waals surface area contributed by atoms with Gasteiger partial charge in [-0.2, -0.15) is 5.10 Å². The number of rotatable bonds is 2. The van der Waals surface area contributed by atoms with Crippen molar-refractivity contribution in [3.8, 4) is 0 Å². The van der Waals surface area contributed by atoms with Crippen LogP contribution in [0.25, 0.3) is 0 Å². The summed E-state index contributed by atoms with van der Waals surface area (Å²) in [6.07, 6.45) is 4.84. The van der Waals surface area contributed by atoms with Crippen LogP contribution >= 0.6 is 0 Å². The molecule has 0 spiro atoms. The highest BCUT2D eigenvalue weighted by atomic mass is 15.3. The van der Waals surface area contributed by atoms with Gasteiger partial charge in [-0.05, 0) is 31.2 Å². The van der Waals surface area contributed by atoms with Crippen LogP contribution in [-0.2, 0) is 25.9 Å². The zero-order chi connectivity index (χ0) is 9.26. The number of nitrogens with two attached hydrogens (primary N) is 1. The molecular formula is C10H17N3. The molecule has 0 aliphatic carbocycles. The van der Waals surface area contributed by atoms with Crippen molar-refractivity contribution in [2.75, 3.05) is 0 Å². The van der Waals surface area contributed by atoms with Crippen LogP contribution in [0.4, 0.5) is 0 Å². The van der Waals surface area contributed by atoms with E-state index in [0.717, 1.165) is 18.7 Å². The number of hydrogen-bond acceptors (Lipinski definition) is 2. The Morgan fingerprint density at radius 3 is 3.00 bits per heavy atom. The third kappa shape index (κ3) is 1.37. The molecule has 0 atom stereocenters. The number of nitrogens with zero attached hydrogens (tertiary/aromatic N) is 2. The van der Waals surface area contributed by atoms with Crippen LogP contribution in [0, 0.1) is 0 Å². The lowest BCUT2D eigenvalue weighted by atomic mass is 10.0. The van der Waals surface area contributed by atoms with E-state index in [1.54, 1.807) is 0 Å². The van der Waals surface area contributed by atoms with Crippen LogP contribution < -0.4 is 5.73 Å². The molecule has 0 fully saturated rings. The van der Waals surface area contributed by atoms with Gasteiger partial charge in [0.15, 0.2) is 0 Å². The fourth-order valence-corrected chi connectivity index (χ4v) is 2.18. The van der Waals surface area contributed by atoms with Crippen LogP contribution in [-0.4, -0.2) is 9.78 Å². The molecule has 0 amide bonds. The molecule has 1 aliphatic heterocycles. The van der Waals surface area contributed by atoms with Gasteiger partial charge in [0, 0.05) is 18.8 Å². The third-order valence-corrected chi connectivity index (χ3v) is 2.83. The first kappa shape index (κ1) is 8.75. The Labute approximate surface area is 78.9 Å². The normalized spacial score (nSPS) is 15.8. The molecule has 0 saturated carbocycles. The van der Waals surface area contributed by atoms with Gasteiger partial charge in [-0.1, -0.05) is 6.92 Å². The molecule has 0 aromatic carbocycles. The molecule has 0 radical (unpaired) electrons. The van der Waals surface area contributed by atoms with Crippen molar-refractivity contribution >= 4 is 0 Å². The lowest BCUT2D eigenvalue weighted by Gasteiger charge is -2.13. The summed E-state index contributed by atoms with van der Waals surface area (Å²) in [5.74, 6) is 0. The minimum Gasteiger partial charge on any atom is -0.325 e. The summed E-state index contributed by atoms with van der Waals surface area (Å²) in [5.41, 5.74) is 9.62. The maximum Gasteiger partial charge on any atom is 0.0795 e. The Balaban J connectivity index is 2.44. The molecule has 1 aromatic rings. The molecule has 2 heterocycles. The molecule has 0 bridgehead atoms. The minimum absolute atomic E-state index is 0.586. The maximum absolute atomic E-state index is 5.66. The molecule has 2 rings (SSSR count). The number of aryl methyl sites for hydroxylation is 1. The second-order valence-electron chi connectivity index (χ2n) is 3.61. The van der Waals surface area contributed by atoms with Crippen LogP contribution in [0.3, 0.4) is 0 Å². The third-order valence-electron chi connectivity index (χ3n) is 2.83. The molecule has 72 valence electrons. The van der Waals surface area contributed by atoms with E-state index in [4.69, 9.17) is 5.73 Å². The fraction of sp³-hybridized carbons (Fsp3) is 0.700. The van der Waals surface area contributed by atoms with E-state index in [1.165, 1.54) is 30.5 Å². The van der Waals surface area contributed by atoms with Crippen molar-refractivity contribution in [3.63, 3.8) is 0 Å². The SMILES string of the molecule is CCc1c(CN)nn2c1CCCC2. The molecule has 3 heteroatoms. The van der Waals surface area contributed by atoms with E-state index in [-0.39, 0.29) is 0 Å². The first-order valence-electron chi connectivity index (χ1n) is 5.14. The summed E-state index contributed by atoms with van der Waals surface area (Å²) in [5, 5.41) is 4.53. The fourth-order valence-electron chi connectivity index (χ4n) is 2.18. The average molecular weight is 179 g/mol. The van der Waals surface area contributed by atoms with Gasteiger partial charge in [-0.3, -0.25) is 4.68 Å². The van der Waals surface area contributed by atoms with E-state index in [1.807, 2.05) is 0 Å². The largest absolute Gasteiger partial charge is 0.325 e. The summed E-state index contributed by atoms with van der Waals surface area (Å²) in [6, 6.07) is 0. The average Bonchev–Trinajstić information content (AvgIpc) is 2.55. The van der Waals surface area contributed by atoms with E-state index in [0.29, 0.717) is 6.54 Å². The topological polar surface area (TPSA) is 43.8 Å². The highest BCUT2D eigenvalue weighted by Gasteiger charge is 2.17. The van der Waals surface area contributed by atoms with E-state index >= 15 is 0 Å². The molecule has 13 heavy (non-hydrogen) atoms. The predicted octanol–water partition coefficient (Wildman–Crippen LogP) is 1.24. The van der Waals surface area contributed by atoms with Crippen LogP contribution in [0.5, 0.6) is 0 Å². The minimum atomic E-state index is 0.586. The van der Waals surface area contributed by atoms with Gasteiger partial charge in [0.1, 0.15) is 0 Å². The van der Waals surface area contributed by atoms with Gasteiger partial charge in [0.2, 0.25) is 0 Å². The Bertz CT molecular complexity index is 291. The molecule has 0 unspecified atom stereocenters. The zero-order valence-corrected chi connectivity index (χ0v) is 8.21. The van der Waals surface area contributed by atoms with Crippen molar-refractivity contribution in [1.82, 2.24) is 9.78 Å². The molecular weight excluding hydrogens is 162 g/mol. The van der Waals surface area contributed by atoms with Gasteiger partial charge < -0.3 is 5.73 Å². The van der Waals surface area contributed by atoms with E-state index in [9.17, 15) is 0 Å². The quantitative estimate of drug-likeness (QED) is 0.742. The summed E-state index contributed by atoms with van der Waals surface area (Å²) < 4.78 is 2.16. The van der Waals surface area contributed by atoms with Crippen molar-refractivity contribution in [2.24, 2.45) is 5.73 Å². The number of hydrogen-bond donors (Lipinski definition) is 1. The Kier molecular flexibility index (Phi) is 2.36. The standard InChI is InChI=1S/C10H17N3/c1-2-8-9(7-11)12-13-6-4-3-5-10(8)13/h2-7,11H2,1H3. The highest BCUT2D eigenvalue weighted by molar-refractivity contribution is 5.27. The summed E-state index contributed by atoms with van der Waals surface area (Å²) >= 11 is 0. The summed E-state index contributed by atoms with van der Waals surface area (Å²) in [4.78, 5) is 0. The molecule has 0 saturated heterocycles. The van der Waals surface area contributed by atoms with Gasteiger partial charge in [-0.15, -0.1) is 0 Å². The molecule has 2 N–H and O–H groups in total. The van der Waals surface area contributed by atoms with Crippen LogP contribution in [0.2, 0.25) is 0 Å². The first-order chi connectivity index (χ1) is 6.36. The highest BCUT2D eigenvalue weighted by Crippen LogP contribution is 2.21. The van der Waals surface area contributed by atoms with Gasteiger partial charge >= 0.3 is 0 Å².